The Bertz CT molecular complexity index is 1140. The SMILES string of the molecule is CCCC(C)C1(C2CCC(COc3ccc(C(=O)Oc4ccc(C#N)c(F)c4)c(F)c3)CC2)CCCCC1. The van der Waals surface area contributed by atoms with Gasteiger partial charge in [0, 0.05) is 12.1 Å². The van der Waals surface area contributed by atoms with Crippen molar-refractivity contribution in [2.24, 2.45) is 23.2 Å². The van der Waals surface area contributed by atoms with Crippen LogP contribution in [0.2, 0.25) is 0 Å². The van der Waals surface area contributed by atoms with Crippen molar-refractivity contribution in [3.8, 4) is 17.6 Å². The molecule has 0 bridgehead atoms. The van der Waals surface area contributed by atoms with E-state index in [0.717, 1.165) is 30.7 Å². The van der Waals surface area contributed by atoms with E-state index in [1.807, 2.05) is 0 Å². The van der Waals surface area contributed by atoms with E-state index < -0.39 is 17.6 Å². The van der Waals surface area contributed by atoms with Crippen molar-refractivity contribution in [2.45, 2.75) is 84.5 Å². The largest absolute Gasteiger partial charge is 0.493 e. The lowest BCUT2D eigenvalue weighted by atomic mass is 9.55. The zero-order chi connectivity index (χ0) is 27.1. The molecule has 204 valence electrons. The zero-order valence-corrected chi connectivity index (χ0v) is 22.6. The van der Waals surface area contributed by atoms with Crippen molar-refractivity contribution in [1.29, 1.82) is 5.26 Å². The van der Waals surface area contributed by atoms with Crippen LogP contribution in [0.3, 0.4) is 0 Å². The van der Waals surface area contributed by atoms with Crippen molar-refractivity contribution in [3.63, 3.8) is 0 Å². The third kappa shape index (κ3) is 6.37. The van der Waals surface area contributed by atoms with Crippen molar-refractivity contribution in [1.82, 2.24) is 0 Å². The maximum Gasteiger partial charge on any atom is 0.346 e. The van der Waals surface area contributed by atoms with Crippen LogP contribution in [0.4, 0.5) is 8.78 Å². The molecule has 38 heavy (non-hydrogen) atoms. The van der Waals surface area contributed by atoms with Gasteiger partial charge in [-0.2, -0.15) is 5.26 Å². The molecule has 1 atom stereocenters. The third-order valence-electron chi connectivity index (χ3n) is 9.07. The lowest BCUT2D eigenvalue weighted by Crippen LogP contribution is -2.41. The van der Waals surface area contributed by atoms with Gasteiger partial charge < -0.3 is 9.47 Å². The molecule has 2 aromatic carbocycles. The van der Waals surface area contributed by atoms with Gasteiger partial charge in [-0.25, -0.2) is 13.6 Å². The van der Waals surface area contributed by atoms with Crippen LogP contribution in [0, 0.1) is 46.1 Å². The molecular weight excluding hydrogens is 484 g/mol. The van der Waals surface area contributed by atoms with Crippen LogP contribution >= 0.6 is 0 Å². The van der Waals surface area contributed by atoms with Gasteiger partial charge in [-0.3, -0.25) is 0 Å². The predicted octanol–water partition coefficient (Wildman–Crippen LogP) is 8.63. The van der Waals surface area contributed by atoms with Crippen molar-refractivity contribution >= 4 is 5.97 Å². The maximum absolute atomic E-state index is 14.7. The van der Waals surface area contributed by atoms with E-state index in [1.165, 1.54) is 82.1 Å². The molecule has 0 aromatic heterocycles. The molecule has 2 aromatic rings. The molecule has 2 aliphatic rings. The summed E-state index contributed by atoms with van der Waals surface area (Å²) in [6, 6.07) is 9.22. The summed E-state index contributed by atoms with van der Waals surface area (Å²) in [6.07, 6.45) is 14.2. The van der Waals surface area contributed by atoms with Gasteiger partial charge in [0.1, 0.15) is 29.2 Å². The molecule has 0 aliphatic heterocycles. The summed E-state index contributed by atoms with van der Waals surface area (Å²) in [5, 5.41) is 8.81. The van der Waals surface area contributed by atoms with Gasteiger partial charge in [-0.05, 0) is 86.0 Å². The van der Waals surface area contributed by atoms with Gasteiger partial charge >= 0.3 is 5.97 Å². The maximum atomic E-state index is 14.7. The summed E-state index contributed by atoms with van der Waals surface area (Å²) in [5.74, 6) is -0.179. The highest BCUT2D eigenvalue weighted by Crippen LogP contribution is 2.54. The summed E-state index contributed by atoms with van der Waals surface area (Å²) in [4.78, 5) is 12.4. The van der Waals surface area contributed by atoms with E-state index in [0.29, 0.717) is 23.7 Å². The fourth-order valence-electron chi connectivity index (χ4n) is 6.92. The standard InChI is InChI=1S/C32H39F2NO3/c1-3-7-22(2)32(16-5-4-6-17-32)25-11-8-23(9-12-25)21-37-26-14-15-28(30(34)18-26)31(36)38-27-13-10-24(20-35)29(33)19-27/h10,13-15,18-19,22-23,25H,3-9,11-12,16-17,21H2,1-2H3. The van der Waals surface area contributed by atoms with Crippen molar-refractivity contribution in [3.05, 3.63) is 59.2 Å². The molecule has 6 heteroatoms. The van der Waals surface area contributed by atoms with Gasteiger partial charge in [-0.15, -0.1) is 0 Å². The second kappa shape index (κ2) is 12.7. The topological polar surface area (TPSA) is 59.3 Å². The van der Waals surface area contributed by atoms with Gasteiger partial charge in [0.05, 0.1) is 17.7 Å². The molecule has 0 heterocycles. The first-order chi connectivity index (χ1) is 18.4. The Morgan fingerprint density at radius 1 is 1.03 bits per heavy atom. The second-order valence-electron chi connectivity index (χ2n) is 11.3. The fourth-order valence-corrected chi connectivity index (χ4v) is 6.92. The van der Waals surface area contributed by atoms with Gasteiger partial charge in [0.2, 0.25) is 0 Å². The van der Waals surface area contributed by atoms with Crippen LogP contribution in [-0.2, 0) is 0 Å². The summed E-state index contributed by atoms with van der Waals surface area (Å²) >= 11 is 0. The number of ether oxygens (including phenoxy) is 2. The van der Waals surface area contributed by atoms with Crippen molar-refractivity contribution < 1.29 is 23.0 Å². The predicted molar refractivity (Wildman–Crippen MR) is 143 cm³/mol. The normalized spacial score (nSPS) is 21.8. The Morgan fingerprint density at radius 3 is 2.34 bits per heavy atom. The van der Waals surface area contributed by atoms with E-state index in [9.17, 15) is 13.6 Å². The summed E-state index contributed by atoms with van der Waals surface area (Å²) in [7, 11) is 0. The number of rotatable bonds is 9. The number of carbonyl (C=O) groups excluding carboxylic acids is 1. The minimum atomic E-state index is -0.939. The Hall–Kier alpha value is -2.94. The molecule has 2 aliphatic carbocycles. The summed E-state index contributed by atoms with van der Waals surface area (Å²) in [6.45, 7) is 5.33. The zero-order valence-electron chi connectivity index (χ0n) is 22.6. The number of nitrogens with zero attached hydrogens (tertiary/aromatic N) is 1. The lowest BCUT2D eigenvalue weighted by Gasteiger charge is -2.50. The van der Waals surface area contributed by atoms with Crippen LogP contribution in [0.1, 0.15) is 100 Å². The number of nitriles is 1. The summed E-state index contributed by atoms with van der Waals surface area (Å²) < 4.78 is 39.5. The molecule has 0 amide bonds. The van der Waals surface area contributed by atoms with Gasteiger partial charge in [-0.1, -0.05) is 46.0 Å². The fraction of sp³-hybridized carbons (Fsp3) is 0.562. The molecule has 1 unspecified atom stereocenters. The highest BCUT2D eigenvalue weighted by atomic mass is 19.1. The quantitative estimate of drug-likeness (QED) is 0.244. The molecule has 4 nitrogen and oxygen atoms in total. The summed E-state index contributed by atoms with van der Waals surface area (Å²) in [5.41, 5.74) is 0.0871. The number of esters is 1. The molecule has 2 fully saturated rings. The Morgan fingerprint density at radius 2 is 1.71 bits per heavy atom. The third-order valence-corrected chi connectivity index (χ3v) is 9.07. The van der Waals surface area contributed by atoms with Crippen LogP contribution in [0.25, 0.3) is 0 Å². The van der Waals surface area contributed by atoms with Crippen LogP contribution in [0.15, 0.2) is 36.4 Å². The Balaban J connectivity index is 1.30. The average molecular weight is 524 g/mol. The lowest BCUT2D eigenvalue weighted by molar-refractivity contribution is -0.00390. The monoisotopic (exact) mass is 523 g/mol. The molecule has 0 radical (unpaired) electrons. The van der Waals surface area contributed by atoms with E-state index in [-0.39, 0.29) is 16.9 Å². The first kappa shape index (κ1) is 28.1. The molecular formula is C32H39F2NO3. The van der Waals surface area contributed by atoms with E-state index in [1.54, 1.807) is 12.1 Å². The van der Waals surface area contributed by atoms with Gasteiger partial charge in [0.25, 0.3) is 0 Å². The smallest absolute Gasteiger partial charge is 0.346 e. The first-order valence-corrected chi connectivity index (χ1v) is 14.2. The molecule has 2 saturated carbocycles. The minimum absolute atomic E-state index is 0.0964. The molecule has 0 spiro atoms. The number of halogens is 2. The first-order valence-electron chi connectivity index (χ1n) is 14.2. The molecule has 4 rings (SSSR count). The number of hydrogen-bond acceptors (Lipinski definition) is 4. The van der Waals surface area contributed by atoms with E-state index in [4.69, 9.17) is 14.7 Å². The van der Waals surface area contributed by atoms with Crippen LogP contribution in [-0.4, -0.2) is 12.6 Å². The minimum Gasteiger partial charge on any atom is -0.493 e. The Labute approximate surface area is 225 Å². The highest BCUT2D eigenvalue weighted by Gasteiger charge is 2.44. The van der Waals surface area contributed by atoms with Gasteiger partial charge in [0.15, 0.2) is 0 Å². The average Bonchev–Trinajstić information content (AvgIpc) is 2.93. The van der Waals surface area contributed by atoms with Crippen molar-refractivity contribution in [2.75, 3.05) is 6.61 Å². The molecule has 0 saturated heterocycles. The van der Waals surface area contributed by atoms with Crippen LogP contribution in [0.5, 0.6) is 11.5 Å². The molecule has 0 N–H and O–H groups in total. The number of benzene rings is 2. The second-order valence-corrected chi connectivity index (χ2v) is 11.3. The van der Waals surface area contributed by atoms with E-state index in [2.05, 4.69) is 13.8 Å². The Kier molecular flexibility index (Phi) is 9.41. The number of hydrogen-bond donors (Lipinski definition) is 0. The highest BCUT2D eigenvalue weighted by molar-refractivity contribution is 5.91. The van der Waals surface area contributed by atoms with E-state index >= 15 is 0 Å². The van der Waals surface area contributed by atoms with Crippen LogP contribution < -0.4 is 9.47 Å². The number of carbonyl (C=O) groups is 1.